The molecule has 0 atom stereocenters. The number of carbonyl (C=O) groups is 1. The molecule has 0 bridgehead atoms. The predicted octanol–water partition coefficient (Wildman–Crippen LogP) is 4.58. The van der Waals surface area contributed by atoms with E-state index in [1.807, 2.05) is 0 Å². The summed E-state index contributed by atoms with van der Waals surface area (Å²) in [5.74, 6) is -0.953. The minimum Gasteiger partial charge on any atom is -0.353 e. The molecule has 0 saturated heterocycles. The molecule has 0 amide bonds. The van der Waals surface area contributed by atoms with Gasteiger partial charge < -0.3 is 4.98 Å². The summed E-state index contributed by atoms with van der Waals surface area (Å²) in [6.45, 7) is 0. The normalized spacial score (nSPS) is 10.9. The van der Waals surface area contributed by atoms with Gasteiger partial charge in [0.05, 0.1) is 16.2 Å². The van der Waals surface area contributed by atoms with Crippen molar-refractivity contribution in [2.45, 2.75) is 0 Å². The number of rotatable bonds is 2. The average molecular weight is 292 g/mol. The lowest BCUT2D eigenvalue weighted by molar-refractivity contribution is 0.112. The number of nitrogens with one attached hydrogen (secondary N) is 1. The van der Waals surface area contributed by atoms with Crippen LogP contribution < -0.4 is 0 Å². The number of benzene rings is 2. The molecule has 1 aromatic heterocycles. The van der Waals surface area contributed by atoms with E-state index in [0.717, 1.165) is 6.07 Å². The van der Waals surface area contributed by atoms with E-state index in [1.165, 1.54) is 24.3 Å². The highest BCUT2D eigenvalue weighted by Gasteiger charge is 2.16. The van der Waals surface area contributed by atoms with E-state index in [2.05, 4.69) is 4.98 Å². The van der Waals surface area contributed by atoms with Crippen LogP contribution in [-0.2, 0) is 0 Å². The molecule has 100 valence electrons. The molecule has 0 spiro atoms. The summed E-state index contributed by atoms with van der Waals surface area (Å²) in [7, 11) is 0. The van der Waals surface area contributed by atoms with Crippen molar-refractivity contribution in [1.82, 2.24) is 4.98 Å². The van der Waals surface area contributed by atoms with Crippen LogP contribution in [0, 0.1) is 11.6 Å². The molecule has 0 radical (unpaired) electrons. The maximum Gasteiger partial charge on any atom is 0.152 e. The Hall–Kier alpha value is -2.20. The molecule has 1 heterocycles. The molecular formula is C15H8ClF2NO. The van der Waals surface area contributed by atoms with Gasteiger partial charge in [-0.15, -0.1) is 0 Å². The first-order valence-corrected chi connectivity index (χ1v) is 6.20. The summed E-state index contributed by atoms with van der Waals surface area (Å²) in [4.78, 5) is 14.3. The van der Waals surface area contributed by atoms with Crippen molar-refractivity contribution in [1.29, 1.82) is 0 Å². The Bertz CT molecular complexity index is 826. The van der Waals surface area contributed by atoms with Crippen molar-refractivity contribution in [2.24, 2.45) is 0 Å². The number of aromatic nitrogens is 1. The third kappa shape index (κ3) is 1.98. The SMILES string of the molecule is O=Cc1c(-c2cccc(F)c2)[nH]c2c(Cl)cc(F)cc12. The fraction of sp³-hybridized carbons (Fsp3) is 0. The van der Waals surface area contributed by atoms with Crippen LogP contribution in [0.3, 0.4) is 0 Å². The second kappa shape index (κ2) is 4.72. The Labute approximate surface area is 118 Å². The van der Waals surface area contributed by atoms with Gasteiger partial charge in [-0.1, -0.05) is 23.7 Å². The Balaban J connectivity index is 2.37. The zero-order valence-corrected chi connectivity index (χ0v) is 10.8. The van der Waals surface area contributed by atoms with Gasteiger partial charge in [-0.25, -0.2) is 8.78 Å². The minimum atomic E-state index is -0.532. The third-order valence-corrected chi connectivity index (χ3v) is 3.39. The summed E-state index contributed by atoms with van der Waals surface area (Å²) in [6.07, 6.45) is 0.606. The number of aldehydes is 1. The lowest BCUT2D eigenvalue weighted by Crippen LogP contribution is -1.85. The van der Waals surface area contributed by atoms with Crippen LogP contribution in [0.15, 0.2) is 36.4 Å². The molecule has 0 unspecified atom stereocenters. The van der Waals surface area contributed by atoms with E-state index in [0.29, 0.717) is 28.4 Å². The molecule has 3 rings (SSSR count). The fourth-order valence-corrected chi connectivity index (χ4v) is 2.49. The lowest BCUT2D eigenvalue weighted by atomic mass is 10.1. The third-order valence-electron chi connectivity index (χ3n) is 3.10. The number of aromatic amines is 1. The second-order valence-electron chi connectivity index (χ2n) is 4.35. The topological polar surface area (TPSA) is 32.9 Å². The number of fused-ring (bicyclic) bond motifs is 1. The lowest BCUT2D eigenvalue weighted by Gasteiger charge is -1.99. The van der Waals surface area contributed by atoms with Crippen molar-refractivity contribution < 1.29 is 13.6 Å². The van der Waals surface area contributed by atoms with E-state index in [9.17, 15) is 13.6 Å². The molecule has 20 heavy (non-hydrogen) atoms. The van der Waals surface area contributed by atoms with Crippen molar-refractivity contribution >= 4 is 28.8 Å². The maximum absolute atomic E-state index is 13.4. The standard InChI is InChI=1S/C15H8ClF2NO/c16-13-6-10(18)5-11-12(7-20)14(19-15(11)13)8-2-1-3-9(17)4-8/h1-7,19H. The van der Waals surface area contributed by atoms with Crippen LogP contribution in [0.1, 0.15) is 10.4 Å². The van der Waals surface area contributed by atoms with Crippen LogP contribution in [-0.4, -0.2) is 11.3 Å². The van der Waals surface area contributed by atoms with E-state index in [-0.39, 0.29) is 10.6 Å². The zero-order chi connectivity index (χ0) is 14.3. The fourth-order valence-electron chi connectivity index (χ4n) is 2.23. The molecular weight excluding hydrogens is 284 g/mol. The molecule has 1 N–H and O–H groups in total. The highest BCUT2D eigenvalue weighted by Crippen LogP contribution is 2.33. The monoisotopic (exact) mass is 291 g/mol. The van der Waals surface area contributed by atoms with Crippen LogP contribution in [0.25, 0.3) is 22.2 Å². The first-order valence-electron chi connectivity index (χ1n) is 5.82. The Kier molecular flexibility index (Phi) is 3.03. The van der Waals surface area contributed by atoms with Gasteiger partial charge in [-0.2, -0.15) is 0 Å². The van der Waals surface area contributed by atoms with Gasteiger partial charge in [0.25, 0.3) is 0 Å². The van der Waals surface area contributed by atoms with Crippen molar-refractivity contribution in [3.8, 4) is 11.3 Å². The number of halogens is 3. The quantitative estimate of drug-likeness (QED) is 0.689. The number of hydrogen-bond acceptors (Lipinski definition) is 1. The van der Waals surface area contributed by atoms with Crippen molar-refractivity contribution in [3.63, 3.8) is 0 Å². The van der Waals surface area contributed by atoms with Gasteiger partial charge in [0.15, 0.2) is 6.29 Å². The zero-order valence-electron chi connectivity index (χ0n) is 10.1. The minimum absolute atomic E-state index is 0.172. The first kappa shape index (κ1) is 12.8. The summed E-state index contributed by atoms with van der Waals surface area (Å²) in [5.41, 5.74) is 1.63. The largest absolute Gasteiger partial charge is 0.353 e. The average Bonchev–Trinajstić information content (AvgIpc) is 2.77. The van der Waals surface area contributed by atoms with E-state index >= 15 is 0 Å². The first-order chi connectivity index (χ1) is 9.60. The molecule has 2 aromatic carbocycles. The Morgan fingerprint density at radius 1 is 1.10 bits per heavy atom. The Morgan fingerprint density at radius 3 is 2.60 bits per heavy atom. The molecule has 2 nitrogen and oxygen atoms in total. The summed E-state index contributed by atoms with van der Waals surface area (Å²) in [5, 5.41) is 0.551. The van der Waals surface area contributed by atoms with Gasteiger partial charge in [-0.3, -0.25) is 4.79 Å². The molecule has 0 aliphatic carbocycles. The van der Waals surface area contributed by atoms with Crippen molar-refractivity contribution in [3.05, 3.63) is 58.6 Å². The highest BCUT2D eigenvalue weighted by molar-refractivity contribution is 6.35. The molecule has 0 aliphatic heterocycles. The van der Waals surface area contributed by atoms with Gasteiger partial charge in [-0.05, 0) is 24.3 Å². The smallest absolute Gasteiger partial charge is 0.152 e. The number of carbonyl (C=O) groups excluding carboxylic acids is 1. The van der Waals surface area contributed by atoms with Gasteiger partial charge in [0, 0.05) is 16.5 Å². The van der Waals surface area contributed by atoms with Gasteiger partial charge in [0.1, 0.15) is 11.6 Å². The maximum atomic E-state index is 13.4. The van der Waals surface area contributed by atoms with E-state index < -0.39 is 11.6 Å². The van der Waals surface area contributed by atoms with Crippen molar-refractivity contribution in [2.75, 3.05) is 0 Å². The molecule has 0 saturated carbocycles. The van der Waals surface area contributed by atoms with Gasteiger partial charge in [0.2, 0.25) is 0 Å². The van der Waals surface area contributed by atoms with Gasteiger partial charge >= 0.3 is 0 Å². The predicted molar refractivity (Wildman–Crippen MR) is 74.0 cm³/mol. The summed E-state index contributed by atoms with van der Waals surface area (Å²) in [6, 6.07) is 8.17. The second-order valence-corrected chi connectivity index (χ2v) is 4.76. The summed E-state index contributed by atoms with van der Waals surface area (Å²) >= 11 is 5.96. The number of hydrogen-bond donors (Lipinski definition) is 1. The van der Waals surface area contributed by atoms with Crippen LogP contribution in [0.2, 0.25) is 5.02 Å². The molecule has 0 aliphatic rings. The molecule has 5 heteroatoms. The molecule has 3 aromatic rings. The van der Waals surface area contributed by atoms with Crippen LogP contribution in [0.4, 0.5) is 8.78 Å². The highest BCUT2D eigenvalue weighted by atomic mass is 35.5. The van der Waals surface area contributed by atoms with Crippen LogP contribution >= 0.6 is 11.6 Å². The van der Waals surface area contributed by atoms with E-state index in [1.54, 1.807) is 6.07 Å². The summed E-state index contributed by atoms with van der Waals surface area (Å²) < 4.78 is 26.7. The van der Waals surface area contributed by atoms with Crippen LogP contribution in [0.5, 0.6) is 0 Å². The molecule has 0 fully saturated rings. The van der Waals surface area contributed by atoms with E-state index in [4.69, 9.17) is 11.6 Å². The Morgan fingerprint density at radius 2 is 1.90 bits per heavy atom. The number of H-pyrrole nitrogens is 1.